The highest BCUT2D eigenvalue weighted by molar-refractivity contribution is 7.11. The number of rotatable bonds is 2. The lowest BCUT2D eigenvalue weighted by atomic mass is 9.88. The van der Waals surface area contributed by atoms with Crippen molar-refractivity contribution in [1.29, 1.82) is 0 Å². The number of fused-ring (bicyclic) bond motifs is 1. The fourth-order valence-corrected chi connectivity index (χ4v) is 4.58. The Morgan fingerprint density at radius 3 is 2.60 bits per heavy atom. The Kier molecular flexibility index (Phi) is 4.06. The number of amides is 1. The van der Waals surface area contributed by atoms with Gasteiger partial charge >= 0.3 is 0 Å². The molecule has 1 aromatic heterocycles. The Morgan fingerprint density at radius 1 is 1.12 bits per heavy atom. The van der Waals surface area contributed by atoms with E-state index in [1.165, 1.54) is 29.5 Å². The van der Waals surface area contributed by atoms with Crippen LogP contribution < -0.4 is 5.32 Å². The van der Waals surface area contributed by atoms with Gasteiger partial charge in [-0.2, -0.15) is 0 Å². The SMILES string of the molecule is O=C1C[C@H](c2c(F)cccc2Cl)c2scc(-c3ccc(F)cc3)c2N1. The van der Waals surface area contributed by atoms with Crippen molar-refractivity contribution in [3.8, 4) is 11.1 Å². The molecule has 6 heteroatoms. The zero-order chi connectivity index (χ0) is 17.6. The van der Waals surface area contributed by atoms with Crippen molar-refractivity contribution < 1.29 is 13.6 Å². The Labute approximate surface area is 152 Å². The molecule has 0 saturated heterocycles. The molecule has 2 heterocycles. The predicted molar refractivity (Wildman–Crippen MR) is 96.2 cm³/mol. The van der Waals surface area contributed by atoms with Gasteiger partial charge in [0.05, 0.1) is 5.69 Å². The zero-order valence-electron chi connectivity index (χ0n) is 12.9. The lowest BCUT2D eigenvalue weighted by Gasteiger charge is -2.25. The minimum absolute atomic E-state index is 0.136. The van der Waals surface area contributed by atoms with Gasteiger partial charge in [0.25, 0.3) is 0 Å². The first-order valence-corrected chi connectivity index (χ1v) is 8.91. The van der Waals surface area contributed by atoms with Crippen LogP contribution in [-0.2, 0) is 4.79 Å². The van der Waals surface area contributed by atoms with Crippen LogP contribution in [0.2, 0.25) is 5.02 Å². The molecular formula is C19H12ClF2NOS. The first kappa shape index (κ1) is 16.2. The summed E-state index contributed by atoms with van der Waals surface area (Å²) in [6.45, 7) is 0. The maximum Gasteiger partial charge on any atom is 0.225 e. The van der Waals surface area contributed by atoms with E-state index >= 15 is 0 Å². The molecule has 25 heavy (non-hydrogen) atoms. The third-order valence-electron chi connectivity index (χ3n) is 4.29. The second-order valence-corrected chi connectivity index (χ2v) is 7.15. The quantitative estimate of drug-likeness (QED) is 0.600. The lowest BCUT2D eigenvalue weighted by molar-refractivity contribution is -0.116. The van der Waals surface area contributed by atoms with E-state index in [-0.39, 0.29) is 18.1 Å². The number of halogens is 3. The molecule has 2 aromatic carbocycles. The van der Waals surface area contributed by atoms with Gasteiger partial charge in [0.1, 0.15) is 11.6 Å². The average Bonchev–Trinajstić information content (AvgIpc) is 2.99. The molecule has 2 nitrogen and oxygen atoms in total. The van der Waals surface area contributed by atoms with Crippen molar-refractivity contribution in [1.82, 2.24) is 0 Å². The van der Waals surface area contributed by atoms with Crippen LogP contribution >= 0.6 is 22.9 Å². The van der Waals surface area contributed by atoms with Crippen LogP contribution in [0.25, 0.3) is 11.1 Å². The Morgan fingerprint density at radius 2 is 1.88 bits per heavy atom. The van der Waals surface area contributed by atoms with E-state index in [9.17, 15) is 13.6 Å². The number of carbonyl (C=O) groups is 1. The van der Waals surface area contributed by atoms with Crippen LogP contribution in [0.5, 0.6) is 0 Å². The van der Waals surface area contributed by atoms with Crippen LogP contribution in [0.1, 0.15) is 22.8 Å². The molecule has 0 spiro atoms. The summed E-state index contributed by atoms with van der Waals surface area (Å²) in [5.41, 5.74) is 2.58. The van der Waals surface area contributed by atoms with Gasteiger partial charge < -0.3 is 5.32 Å². The third kappa shape index (κ3) is 2.83. The van der Waals surface area contributed by atoms with Crippen molar-refractivity contribution in [3.63, 3.8) is 0 Å². The predicted octanol–water partition coefficient (Wildman–Crippen LogP) is 5.82. The molecule has 1 aliphatic heterocycles. The molecule has 1 amide bonds. The number of anilines is 1. The van der Waals surface area contributed by atoms with Crippen LogP contribution in [0, 0.1) is 11.6 Å². The van der Waals surface area contributed by atoms with Gasteiger partial charge in [-0.1, -0.05) is 29.8 Å². The molecule has 0 bridgehead atoms. The number of thiophene rings is 1. The van der Waals surface area contributed by atoms with Gasteiger partial charge in [0.15, 0.2) is 0 Å². The van der Waals surface area contributed by atoms with Gasteiger partial charge in [-0.15, -0.1) is 11.3 Å². The molecule has 0 radical (unpaired) electrons. The Balaban J connectivity index is 1.86. The van der Waals surface area contributed by atoms with E-state index in [1.54, 1.807) is 24.3 Å². The smallest absolute Gasteiger partial charge is 0.225 e. The molecular weight excluding hydrogens is 364 g/mol. The Bertz CT molecular complexity index is 948. The first-order valence-electron chi connectivity index (χ1n) is 7.65. The topological polar surface area (TPSA) is 29.1 Å². The maximum atomic E-state index is 14.4. The normalized spacial score (nSPS) is 16.4. The van der Waals surface area contributed by atoms with Gasteiger partial charge in [0, 0.05) is 38.7 Å². The number of hydrogen-bond acceptors (Lipinski definition) is 2. The second kappa shape index (κ2) is 6.24. The minimum Gasteiger partial charge on any atom is -0.325 e. The highest BCUT2D eigenvalue weighted by atomic mass is 35.5. The molecule has 0 fully saturated rings. The van der Waals surface area contributed by atoms with E-state index in [0.29, 0.717) is 16.3 Å². The molecule has 1 atom stereocenters. The van der Waals surface area contributed by atoms with E-state index in [2.05, 4.69) is 5.32 Å². The lowest BCUT2D eigenvalue weighted by Crippen LogP contribution is -2.23. The summed E-state index contributed by atoms with van der Waals surface area (Å²) in [5.74, 6) is -1.38. The molecule has 1 aliphatic rings. The van der Waals surface area contributed by atoms with Gasteiger partial charge in [-0.25, -0.2) is 8.78 Å². The van der Waals surface area contributed by atoms with Crippen molar-refractivity contribution in [2.75, 3.05) is 5.32 Å². The summed E-state index contributed by atoms with van der Waals surface area (Å²) < 4.78 is 27.6. The molecule has 1 N–H and O–H groups in total. The molecule has 0 saturated carbocycles. The highest BCUT2D eigenvalue weighted by Gasteiger charge is 2.33. The van der Waals surface area contributed by atoms with Crippen molar-refractivity contribution in [3.05, 3.63) is 74.9 Å². The third-order valence-corrected chi connectivity index (χ3v) is 5.72. The van der Waals surface area contributed by atoms with Gasteiger partial charge in [0.2, 0.25) is 5.91 Å². The minimum atomic E-state index is -0.434. The van der Waals surface area contributed by atoms with Gasteiger partial charge in [-0.3, -0.25) is 4.79 Å². The van der Waals surface area contributed by atoms with Crippen LogP contribution in [0.4, 0.5) is 14.5 Å². The van der Waals surface area contributed by atoms with Crippen molar-refractivity contribution in [2.45, 2.75) is 12.3 Å². The number of carbonyl (C=O) groups excluding carboxylic acids is 1. The molecule has 0 aliphatic carbocycles. The standard InChI is InChI=1S/C19H12ClF2NOS/c20-14-2-1-3-15(22)17(14)12-8-16(24)23-18-13(9-25-19(12)18)10-4-6-11(21)7-5-10/h1-7,9,12H,8H2,(H,23,24)/t12-/m1/s1. The zero-order valence-corrected chi connectivity index (χ0v) is 14.4. The average molecular weight is 376 g/mol. The van der Waals surface area contributed by atoms with Crippen LogP contribution in [0.3, 0.4) is 0 Å². The fraction of sp³-hybridized carbons (Fsp3) is 0.105. The summed E-state index contributed by atoms with van der Waals surface area (Å²) >= 11 is 7.65. The Hall–Kier alpha value is -2.24. The molecule has 126 valence electrons. The van der Waals surface area contributed by atoms with E-state index < -0.39 is 11.7 Å². The van der Waals surface area contributed by atoms with Gasteiger partial charge in [-0.05, 0) is 29.8 Å². The highest BCUT2D eigenvalue weighted by Crippen LogP contribution is 2.48. The fourth-order valence-electron chi connectivity index (χ4n) is 3.15. The van der Waals surface area contributed by atoms with Crippen molar-refractivity contribution >= 4 is 34.5 Å². The largest absolute Gasteiger partial charge is 0.325 e. The molecule has 4 rings (SSSR count). The summed E-state index contributed by atoms with van der Waals surface area (Å²) in [6, 6.07) is 10.6. The summed E-state index contributed by atoms with van der Waals surface area (Å²) in [6.07, 6.45) is 0.136. The summed E-state index contributed by atoms with van der Waals surface area (Å²) in [5, 5.41) is 5.07. The first-order chi connectivity index (χ1) is 12.0. The summed E-state index contributed by atoms with van der Waals surface area (Å²) in [4.78, 5) is 13.1. The molecule has 0 unspecified atom stereocenters. The van der Waals surface area contributed by atoms with Crippen molar-refractivity contribution in [2.24, 2.45) is 0 Å². The second-order valence-electron chi connectivity index (χ2n) is 5.84. The van der Waals surface area contributed by atoms with E-state index in [4.69, 9.17) is 11.6 Å². The molecule has 3 aromatic rings. The van der Waals surface area contributed by atoms with Crippen LogP contribution in [0.15, 0.2) is 47.8 Å². The maximum absolute atomic E-state index is 14.4. The number of benzene rings is 2. The monoisotopic (exact) mass is 375 g/mol. The van der Waals surface area contributed by atoms with Crippen LogP contribution in [-0.4, -0.2) is 5.91 Å². The van der Waals surface area contributed by atoms with E-state index in [0.717, 1.165) is 16.0 Å². The number of hydrogen-bond donors (Lipinski definition) is 1. The number of nitrogens with one attached hydrogen (secondary N) is 1. The summed E-state index contributed by atoms with van der Waals surface area (Å²) in [7, 11) is 0. The van der Waals surface area contributed by atoms with E-state index in [1.807, 2.05) is 5.38 Å².